The van der Waals surface area contributed by atoms with Crippen LogP contribution in [0.25, 0.3) is 0 Å². The van der Waals surface area contributed by atoms with Crippen molar-refractivity contribution in [3.63, 3.8) is 0 Å². The summed E-state index contributed by atoms with van der Waals surface area (Å²) in [6.07, 6.45) is -0.337. The highest BCUT2D eigenvalue weighted by Gasteiger charge is 2.16. The summed E-state index contributed by atoms with van der Waals surface area (Å²) in [6.45, 7) is 3.47. The summed E-state index contributed by atoms with van der Waals surface area (Å²) in [5.41, 5.74) is 0.776. The van der Waals surface area contributed by atoms with Crippen LogP contribution in [0.4, 0.5) is 5.69 Å². The molecule has 0 unspecified atom stereocenters. The zero-order valence-corrected chi connectivity index (χ0v) is 9.01. The van der Waals surface area contributed by atoms with Crippen LogP contribution in [0.3, 0.4) is 0 Å². The van der Waals surface area contributed by atoms with Crippen molar-refractivity contribution in [3.8, 4) is 0 Å². The first-order valence-electron chi connectivity index (χ1n) is 4.75. The third kappa shape index (κ3) is 2.95. The molecule has 0 aliphatic rings. The van der Waals surface area contributed by atoms with Crippen LogP contribution in [-0.2, 0) is 9.59 Å². The molecular weight excluding hydrogens is 206 g/mol. The maximum atomic E-state index is 11.7. The van der Waals surface area contributed by atoms with Crippen molar-refractivity contribution >= 4 is 17.6 Å². The molecule has 1 aromatic rings. The number of hydrogen-bond acceptors (Lipinski definition) is 2. The van der Waals surface area contributed by atoms with Gasteiger partial charge in [0.25, 0.3) is 5.91 Å². The van der Waals surface area contributed by atoms with Gasteiger partial charge in [0.15, 0.2) is 0 Å². The number of aliphatic carboxylic acids is 1. The molecule has 1 amide bonds. The number of anilines is 1. The first-order valence-corrected chi connectivity index (χ1v) is 4.75. The topological polar surface area (TPSA) is 57.6 Å². The van der Waals surface area contributed by atoms with Crippen molar-refractivity contribution in [2.75, 3.05) is 11.9 Å². The van der Waals surface area contributed by atoms with Gasteiger partial charge in [0.1, 0.15) is 0 Å². The Morgan fingerprint density at radius 3 is 2.38 bits per heavy atom. The van der Waals surface area contributed by atoms with Gasteiger partial charge in [-0.15, -0.1) is 0 Å². The van der Waals surface area contributed by atoms with Gasteiger partial charge in [0, 0.05) is 18.3 Å². The Morgan fingerprint density at radius 1 is 1.31 bits per heavy atom. The smallest absolute Gasteiger partial charge is 0.308 e. The average molecular weight is 219 g/mol. The first-order chi connectivity index (χ1) is 7.52. The summed E-state index contributed by atoms with van der Waals surface area (Å²) in [5, 5.41) is 8.55. The molecule has 0 saturated carbocycles. The molecule has 84 valence electrons. The normalized spacial score (nSPS) is 9.56. The van der Waals surface area contributed by atoms with Gasteiger partial charge in [-0.25, -0.2) is 0 Å². The van der Waals surface area contributed by atoms with Crippen LogP contribution in [-0.4, -0.2) is 24.0 Å². The standard InChI is InChI=1S/C12H13NO3/c1-9(8-11(14)15)12(16)13(2)10-6-4-3-5-7-10/h3-7H,1,8H2,2H3,(H,14,15). The number of rotatable bonds is 4. The maximum Gasteiger partial charge on any atom is 0.308 e. The average Bonchev–Trinajstić information content (AvgIpc) is 2.27. The molecule has 0 spiro atoms. The van der Waals surface area contributed by atoms with Crippen LogP contribution in [0.2, 0.25) is 0 Å². The SMILES string of the molecule is C=C(CC(=O)O)C(=O)N(C)c1ccccc1. The van der Waals surface area contributed by atoms with Crippen LogP contribution in [0.1, 0.15) is 6.42 Å². The third-order valence-electron chi connectivity index (χ3n) is 2.12. The molecule has 0 aliphatic carbocycles. The van der Waals surface area contributed by atoms with Gasteiger partial charge in [-0.05, 0) is 12.1 Å². The number of hydrogen-bond donors (Lipinski definition) is 1. The second kappa shape index (κ2) is 5.11. The second-order valence-electron chi connectivity index (χ2n) is 3.37. The molecule has 1 N–H and O–H groups in total. The minimum Gasteiger partial charge on any atom is -0.481 e. The lowest BCUT2D eigenvalue weighted by molar-refractivity contribution is -0.136. The Balaban J connectivity index is 2.75. The maximum absolute atomic E-state index is 11.7. The summed E-state index contributed by atoms with van der Waals surface area (Å²) in [4.78, 5) is 23.6. The molecule has 4 heteroatoms. The Hall–Kier alpha value is -2.10. The van der Waals surface area contributed by atoms with Crippen LogP contribution in [0.5, 0.6) is 0 Å². The minimum absolute atomic E-state index is 0.0684. The van der Waals surface area contributed by atoms with E-state index >= 15 is 0 Å². The lowest BCUT2D eigenvalue weighted by Crippen LogP contribution is -2.28. The Morgan fingerprint density at radius 2 is 1.88 bits per heavy atom. The Bertz CT molecular complexity index is 412. The predicted octanol–water partition coefficient (Wildman–Crippen LogP) is 1.68. The van der Waals surface area contributed by atoms with Crippen LogP contribution in [0, 0.1) is 0 Å². The zero-order chi connectivity index (χ0) is 12.1. The number of likely N-dealkylation sites (N-methyl/N-ethyl adjacent to an activating group) is 1. The number of carboxylic acid groups (broad SMARTS) is 1. The quantitative estimate of drug-likeness (QED) is 0.784. The molecule has 0 heterocycles. The highest BCUT2D eigenvalue weighted by molar-refractivity contribution is 6.06. The van der Waals surface area contributed by atoms with E-state index in [4.69, 9.17) is 5.11 Å². The molecule has 0 bridgehead atoms. The van der Waals surface area contributed by atoms with Crippen LogP contribution < -0.4 is 4.90 Å². The molecule has 16 heavy (non-hydrogen) atoms. The van der Waals surface area contributed by atoms with Crippen molar-refractivity contribution in [2.45, 2.75) is 6.42 Å². The van der Waals surface area contributed by atoms with Gasteiger partial charge in [-0.3, -0.25) is 9.59 Å². The number of carboxylic acids is 1. The molecule has 0 atom stereocenters. The third-order valence-corrected chi connectivity index (χ3v) is 2.12. The molecule has 0 saturated heterocycles. The number of carbonyl (C=O) groups excluding carboxylic acids is 1. The Kier molecular flexibility index (Phi) is 3.83. The summed E-state index contributed by atoms with van der Waals surface area (Å²) < 4.78 is 0. The van der Waals surface area contributed by atoms with E-state index in [-0.39, 0.29) is 17.9 Å². The fourth-order valence-electron chi connectivity index (χ4n) is 1.26. The van der Waals surface area contributed by atoms with Gasteiger partial charge in [0.2, 0.25) is 0 Å². The van der Waals surface area contributed by atoms with Crippen molar-refractivity contribution < 1.29 is 14.7 Å². The minimum atomic E-state index is -1.06. The van der Waals surface area contributed by atoms with Crippen LogP contribution in [0.15, 0.2) is 42.5 Å². The first kappa shape index (κ1) is 12.0. The van der Waals surface area contributed by atoms with Gasteiger partial charge in [0.05, 0.1) is 6.42 Å². The number of amides is 1. The largest absolute Gasteiger partial charge is 0.481 e. The lowest BCUT2D eigenvalue weighted by atomic mass is 10.2. The van der Waals surface area contributed by atoms with E-state index in [0.29, 0.717) is 5.69 Å². The highest BCUT2D eigenvalue weighted by Crippen LogP contribution is 2.14. The van der Waals surface area contributed by atoms with E-state index in [1.165, 1.54) is 4.90 Å². The summed E-state index contributed by atoms with van der Waals surface area (Å²) in [7, 11) is 1.59. The molecule has 1 rings (SSSR count). The van der Waals surface area contributed by atoms with E-state index in [9.17, 15) is 9.59 Å². The molecule has 4 nitrogen and oxygen atoms in total. The van der Waals surface area contributed by atoms with Crippen LogP contribution >= 0.6 is 0 Å². The molecule has 0 radical (unpaired) electrons. The van der Waals surface area contributed by atoms with E-state index in [2.05, 4.69) is 6.58 Å². The fraction of sp³-hybridized carbons (Fsp3) is 0.167. The van der Waals surface area contributed by atoms with Gasteiger partial charge in [-0.2, -0.15) is 0 Å². The van der Waals surface area contributed by atoms with Crippen molar-refractivity contribution in [1.82, 2.24) is 0 Å². The molecule has 0 aromatic heterocycles. The second-order valence-corrected chi connectivity index (χ2v) is 3.37. The summed E-state index contributed by atoms with van der Waals surface area (Å²) in [5.74, 6) is -1.44. The monoisotopic (exact) mass is 219 g/mol. The van der Waals surface area contributed by atoms with Crippen molar-refractivity contribution in [1.29, 1.82) is 0 Å². The molecule has 0 fully saturated rings. The lowest BCUT2D eigenvalue weighted by Gasteiger charge is -2.17. The summed E-state index contributed by atoms with van der Waals surface area (Å²) >= 11 is 0. The summed E-state index contributed by atoms with van der Waals surface area (Å²) in [6, 6.07) is 8.99. The van der Waals surface area contributed by atoms with Gasteiger partial charge < -0.3 is 10.0 Å². The van der Waals surface area contributed by atoms with E-state index < -0.39 is 5.97 Å². The fourth-order valence-corrected chi connectivity index (χ4v) is 1.26. The molecular formula is C12H13NO3. The number of para-hydroxylation sites is 1. The number of benzene rings is 1. The highest BCUT2D eigenvalue weighted by atomic mass is 16.4. The number of carbonyl (C=O) groups is 2. The van der Waals surface area contributed by atoms with Gasteiger partial charge >= 0.3 is 5.97 Å². The predicted molar refractivity (Wildman–Crippen MR) is 61.2 cm³/mol. The van der Waals surface area contributed by atoms with Crippen molar-refractivity contribution in [2.24, 2.45) is 0 Å². The zero-order valence-electron chi connectivity index (χ0n) is 9.01. The van der Waals surface area contributed by atoms with E-state index in [1.54, 1.807) is 31.3 Å². The van der Waals surface area contributed by atoms with E-state index in [0.717, 1.165) is 0 Å². The molecule has 1 aromatic carbocycles. The van der Waals surface area contributed by atoms with Gasteiger partial charge in [-0.1, -0.05) is 24.8 Å². The Labute approximate surface area is 93.8 Å². The number of nitrogens with zero attached hydrogens (tertiary/aromatic N) is 1. The van der Waals surface area contributed by atoms with E-state index in [1.807, 2.05) is 6.07 Å². The van der Waals surface area contributed by atoms with Crippen molar-refractivity contribution in [3.05, 3.63) is 42.5 Å². The molecule has 0 aliphatic heterocycles.